The average molecular weight is 372 g/mol. The fourth-order valence-corrected chi connectivity index (χ4v) is 3.78. The van der Waals surface area contributed by atoms with Crippen molar-refractivity contribution in [1.29, 1.82) is 0 Å². The van der Waals surface area contributed by atoms with Gasteiger partial charge in [0.05, 0.1) is 22.5 Å². The van der Waals surface area contributed by atoms with E-state index in [1.165, 1.54) is 0 Å². The lowest BCUT2D eigenvalue weighted by Crippen LogP contribution is -2.30. The summed E-state index contributed by atoms with van der Waals surface area (Å²) in [5.41, 5.74) is 2.37. The van der Waals surface area contributed by atoms with Gasteiger partial charge in [-0.3, -0.25) is 5.10 Å². The average Bonchev–Trinajstić information content (AvgIpc) is 2.97. The molecular weight excluding hydrogens is 350 g/mol. The van der Waals surface area contributed by atoms with Crippen molar-refractivity contribution < 1.29 is 5.11 Å². The number of nitrogens with zero attached hydrogens (tertiary/aromatic N) is 4. The zero-order chi connectivity index (χ0) is 18.1. The van der Waals surface area contributed by atoms with Gasteiger partial charge in [-0.05, 0) is 31.7 Å². The third kappa shape index (κ3) is 3.15. The van der Waals surface area contributed by atoms with E-state index < -0.39 is 5.60 Å². The number of aliphatic hydroxyl groups is 1. The Kier molecular flexibility index (Phi) is 4.54. The molecule has 2 aromatic heterocycles. The second-order valence-corrected chi connectivity index (χ2v) is 7.30. The Bertz CT molecular complexity index is 927. The minimum Gasteiger partial charge on any atom is -0.390 e. The second kappa shape index (κ2) is 6.85. The smallest absolute Gasteiger partial charge is 0.202 e. The van der Waals surface area contributed by atoms with Gasteiger partial charge in [-0.2, -0.15) is 5.10 Å². The highest BCUT2D eigenvalue weighted by molar-refractivity contribution is 6.33. The highest BCUT2D eigenvalue weighted by Crippen LogP contribution is 2.31. The van der Waals surface area contributed by atoms with Crippen molar-refractivity contribution in [1.82, 2.24) is 20.2 Å². The van der Waals surface area contributed by atoms with E-state index in [1.807, 2.05) is 31.2 Å². The lowest BCUT2D eigenvalue weighted by atomic mass is 9.92. The fraction of sp³-hybridized carbons (Fsp3) is 0.421. The molecule has 7 heteroatoms. The van der Waals surface area contributed by atoms with Crippen molar-refractivity contribution in [3.63, 3.8) is 0 Å². The number of aromatic nitrogens is 4. The molecule has 0 radical (unpaired) electrons. The van der Waals surface area contributed by atoms with Gasteiger partial charge in [0, 0.05) is 18.7 Å². The highest BCUT2D eigenvalue weighted by atomic mass is 35.5. The maximum Gasteiger partial charge on any atom is 0.202 e. The van der Waals surface area contributed by atoms with Crippen LogP contribution < -0.4 is 4.90 Å². The molecule has 0 saturated carbocycles. The van der Waals surface area contributed by atoms with Gasteiger partial charge in [0.2, 0.25) is 5.65 Å². The molecule has 6 nitrogen and oxygen atoms in total. The summed E-state index contributed by atoms with van der Waals surface area (Å²) in [5, 5.41) is 18.6. The molecule has 2 N–H and O–H groups in total. The summed E-state index contributed by atoms with van der Waals surface area (Å²) >= 11 is 6.30. The van der Waals surface area contributed by atoms with E-state index in [1.54, 1.807) is 6.20 Å². The van der Waals surface area contributed by atoms with Crippen LogP contribution in [-0.4, -0.2) is 44.0 Å². The topological polar surface area (TPSA) is 77.9 Å². The number of fused-ring (bicyclic) bond motifs is 1. The molecule has 0 amide bonds. The summed E-state index contributed by atoms with van der Waals surface area (Å²) in [6.45, 7) is 3.68. The fourth-order valence-electron chi connectivity index (χ4n) is 3.55. The van der Waals surface area contributed by atoms with E-state index in [-0.39, 0.29) is 0 Å². The first kappa shape index (κ1) is 17.2. The Morgan fingerprint density at radius 3 is 2.92 bits per heavy atom. The summed E-state index contributed by atoms with van der Waals surface area (Å²) in [6.07, 6.45) is 5.08. The van der Waals surface area contributed by atoms with E-state index in [4.69, 9.17) is 11.6 Å². The van der Waals surface area contributed by atoms with Crippen LogP contribution in [0.25, 0.3) is 22.4 Å². The monoisotopic (exact) mass is 371 g/mol. The Balaban J connectivity index is 1.64. The van der Waals surface area contributed by atoms with E-state index in [2.05, 4.69) is 25.1 Å². The molecule has 1 fully saturated rings. The van der Waals surface area contributed by atoms with Gasteiger partial charge < -0.3 is 10.0 Å². The summed E-state index contributed by atoms with van der Waals surface area (Å²) in [7, 11) is 0. The number of hydrogen-bond acceptors (Lipinski definition) is 5. The first-order valence-electron chi connectivity index (χ1n) is 9.03. The Morgan fingerprint density at radius 2 is 2.12 bits per heavy atom. The number of nitrogens with one attached hydrogen (secondary N) is 1. The predicted molar refractivity (Wildman–Crippen MR) is 103 cm³/mol. The quantitative estimate of drug-likeness (QED) is 0.732. The highest BCUT2D eigenvalue weighted by Gasteiger charge is 2.28. The van der Waals surface area contributed by atoms with E-state index in [0.717, 1.165) is 55.8 Å². The molecule has 1 atom stereocenters. The van der Waals surface area contributed by atoms with Crippen LogP contribution in [0.15, 0.2) is 30.5 Å². The molecule has 0 bridgehead atoms. The number of hydrogen-bond donors (Lipinski definition) is 2. The Hall–Kier alpha value is -2.18. The third-order valence-electron chi connectivity index (χ3n) is 5.29. The predicted octanol–water partition coefficient (Wildman–Crippen LogP) is 3.80. The van der Waals surface area contributed by atoms with Crippen LogP contribution in [0.2, 0.25) is 5.02 Å². The first-order chi connectivity index (χ1) is 12.6. The van der Waals surface area contributed by atoms with Gasteiger partial charge in [0.1, 0.15) is 11.3 Å². The molecule has 3 heterocycles. The molecule has 1 unspecified atom stereocenters. The maximum absolute atomic E-state index is 10.6. The molecule has 4 rings (SSSR count). The summed E-state index contributed by atoms with van der Waals surface area (Å²) in [4.78, 5) is 11.5. The molecule has 1 aliphatic heterocycles. The summed E-state index contributed by atoms with van der Waals surface area (Å²) in [6, 6.07) is 7.61. The number of anilines is 1. The minimum atomic E-state index is -0.560. The lowest BCUT2D eigenvalue weighted by Gasteiger charge is -2.25. The van der Waals surface area contributed by atoms with Crippen molar-refractivity contribution >= 4 is 28.6 Å². The number of benzene rings is 1. The zero-order valence-electron chi connectivity index (χ0n) is 14.7. The number of rotatable bonds is 3. The number of aromatic amines is 1. The Morgan fingerprint density at radius 1 is 1.27 bits per heavy atom. The van der Waals surface area contributed by atoms with Crippen LogP contribution in [0.3, 0.4) is 0 Å². The van der Waals surface area contributed by atoms with Crippen molar-refractivity contribution in [2.75, 3.05) is 18.0 Å². The first-order valence-corrected chi connectivity index (χ1v) is 9.41. The van der Waals surface area contributed by atoms with Gasteiger partial charge in [-0.15, -0.1) is 0 Å². The van der Waals surface area contributed by atoms with Gasteiger partial charge in [0.25, 0.3) is 0 Å². The van der Waals surface area contributed by atoms with Crippen molar-refractivity contribution in [2.24, 2.45) is 0 Å². The normalized spacial score (nSPS) is 21.1. The maximum atomic E-state index is 10.6. The minimum absolute atomic E-state index is 0.560. The van der Waals surface area contributed by atoms with Crippen LogP contribution in [0, 0.1) is 0 Å². The van der Waals surface area contributed by atoms with Crippen LogP contribution in [0.4, 0.5) is 5.82 Å². The van der Waals surface area contributed by atoms with Gasteiger partial charge in [-0.25, -0.2) is 9.97 Å². The lowest BCUT2D eigenvalue weighted by molar-refractivity contribution is 0.0247. The molecule has 1 aliphatic rings. The largest absolute Gasteiger partial charge is 0.390 e. The van der Waals surface area contributed by atoms with Crippen molar-refractivity contribution in [3.05, 3.63) is 35.5 Å². The molecule has 1 saturated heterocycles. The van der Waals surface area contributed by atoms with E-state index in [9.17, 15) is 5.11 Å². The van der Waals surface area contributed by atoms with Crippen LogP contribution in [0.5, 0.6) is 0 Å². The Labute approximate surface area is 157 Å². The number of H-pyrrole nitrogens is 1. The van der Waals surface area contributed by atoms with Gasteiger partial charge in [-0.1, -0.05) is 36.7 Å². The number of halogens is 1. The molecule has 26 heavy (non-hydrogen) atoms. The molecule has 1 aromatic carbocycles. The SMILES string of the molecule is CCC1(O)CCCN(c2cnc3c(-c4ccccc4Cl)[nH]nc3n2)CC1. The molecule has 3 aromatic rings. The van der Waals surface area contributed by atoms with E-state index >= 15 is 0 Å². The van der Waals surface area contributed by atoms with Crippen LogP contribution >= 0.6 is 11.6 Å². The third-order valence-corrected chi connectivity index (χ3v) is 5.62. The second-order valence-electron chi connectivity index (χ2n) is 6.90. The van der Waals surface area contributed by atoms with Gasteiger partial charge in [0.15, 0.2) is 0 Å². The molecular formula is C19H22ClN5O. The zero-order valence-corrected chi connectivity index (χ0v) is 15.5. The van der Waals surface area contributed by atoms with Gasteiger partial charge >= 0.3 is 0 Å². The standard InChI is InChI=1S/C19H22ClN5O/c1-2-19(26)8-5-10-25(11-9-19)15-12-21-17-16(23-24-18(17)22-15)13-6-3-4-7-14(13)20/h3-4,6-7,12,26H,2,5,8-11H2,1H3,(H,22,23,24). The van der Waals surface area contributed by atoms with Crippen molar-refractivity contribution in [3.8, 4) is 11.3 Å². The molecule has 136 valence electrons. The molecule has 0 aliphatic carbocycles. The summed E-state index contributed by atoms with van der Waals surface area (Å²) < 4.78 is 0. The summed E-state index contributed by atoms with van der Waals surface area (Å²) in [5.74, 6) is 0.801. The van der Waals surface area contributed by atoms with E-state index in [0.29, 0.717) is 16.2 Å². The molecule has 0 spiro atoms. The van der Waals surface area contributed by atoms with Crippen LogP contribution in [0.1, 0.15) is 32.6 Å². The van der Waals surface area contributed by atoms with Crippen LogP contribution in [-0.2, 0) is 0 Å². The van der Waals surface area contributed by atoms with Crippen molar-refractivity contribution in [2.45, 2.75) is 38.2 Å².